The predicted octanol–water partition coefficient (Wildman–Crippen LogP) is 1.98. The maximum Gasteiger partial charge on any atom is 0.196 e. The zero-order valence-electron chi connectivity index (χ0n) is 11.4. The van der Waals surface area contributed by atoms with Crippen molar-refractivity contribution in [1.82, 2.24) is 9.78 Å². The number of benzene rings is 1. The van der Waals surface area contributed by atoms with Crippen molar-refractivity contribution in [3.8, 4) is 11.5 Å². The minimum Gasteiger partial charge on any atom is -0.493 e. The van der Waals surface area contributed by atoms with Crippen LogP contribution in [-0.4, -0.2) is 29.8 Å². The Hall–Kier alpha value is -2.30. The molecule has 0 N–H and O–H groups in total. The second-order valence-corrected chi connectivity index (χ2v) is 4.20. The first kappa shape index (κ1) is 13.1. The number of ether oxygens (including phenoxy) is 2. The monoisotopic (exact) mass is 260 g/mol. The third kappa shape index (κ3) is 2.45. The van der Waals surface area contributed by atoms with Crippen LogP contribution in [0.15, 0.2) is 24.4 Å². The lowest BCUT2D eigenvalue weighted by Gasteiger charge is -2.08. The van der Waals surface area contributed by atoms with Crippen molar-refractivity contribution in [1.29, 1.82) is 0 Å². The van der Waals surface area contributed by atoms with E-state index in [0.717, 1.165) is 0 Å². The highest BCUT2D eigenvalue weighted by molar-refractivity contribution is 6.09. The Kier molecular flexibility index (Phi) is 3.55. The summed E-state index contributed by atoms with van der Waals surface area (Å²) in [7, 11) is 4.89. The van der Waals surface area contributed by atoms with Crippen LogP contribution in [0.3, 0.4) is 0 Å². The zero-order valence-corrected chi connectivity index (χ0v) is 11.4. The molecule has 2 rings (SSSR count). The van der Waals surface area contributed by atoms with Gasteiger partial charge in [0.2, 0.25) is 0 Å². The first-order valence-electron chi connectivity index (χ1n) is 5.83. The van der Waals surface area contributed by atoms with Gasteiger partial charge in [0, 0.05) is 18.8 Å². The molecule has 0 bridgehead atoms. The van der Waals surface area contributed by atoms with Crippen LogP contribution in [-0.2, 0) is 7.05 Å². The lowest BCUT2D eigenvalue weighted by molar-refractivity contribution is 0.103. The van der Waals surface area contributed by atoms with E-state index in [1.165, 1.54) is 0 Å². The van der Waals surface area contributed by atoms with Gasteiger partial charge in [-0.3, -0.25) is 9.48 Å². The highest BCUT2D eigenvalue weighted by Crippen LogP contribution is 2.28. The summed E-state index contributed by atoms with van der Waals surface area (Å²) in [6.45, 7) is 1.81. The summed E-state index contributed by atoms with van der Waals surface area (Å²) in [6.07, 6.45) is 1.72. The van der Waals surface area contributed by atoms with Crippen molar-refractivity contribution >= 4 is 5.78 Å². The predicted molar refractivity (Wildman–Crippen MR) is 70.9 cm³/mol. The second kappa shape index (κ2) is 5.14. The molecule has 0 aliphatic rings. The average Bonchev–Trinajstić information content (AvgIpc) is 2.76. The van der Waals surface area contributed by atoms with Gasteiger partial charge in [0.05, 0.1) is 25.5 Å². The number of nitrogens with zero attached hydrogens (tertiary/aromatic N) is 2. The standard InChI is InChI=1S/C14H16N2O3/c1-9-11(8-16(2)15-9)14(17)10-5-6-12(18-3)13(7-10)19-4/h5-8H,1-4H3. The smallest absolute Gasteiger partial charge is 0.196 e. The van der Waals surface area contributed by atoms with Gasteiger partial charge in [-0.05, 0) is 25.1 Å². The first-order valence-corrected chi connectivity index (χ1v) is 5.83. The van der Waals surface area contributed by atoms with Gasteiger partial charge in [-0.15, -0.1) is 0 Å². The third-order valence-electron chi connectivity index (χ3n) is 2.90. The number of carbonyl (C=O) groups excluding carboxylic acids is 1. The highest BCUT2D eigenvalue weighted by atomic mass is 16.5. The molecule has 1 aromatic carbocycles. The summed E-state index contributed by atoms with van der Waals surface area (Å²) < 4.78 is 12.0. The van der Waals surface area contributed by atoms with Crippen molar-refractivity contribution in [2.45, 2.75) is 6.92 Å². The molecule has 0 aliphatic carbocycles. The van der Waals surface area contributed by atoms with Crippen LogP contribution < -0.4 is 9.47 Å². The molecule has 5 heteroatoms. The Balaban J connectivity index is 2.42. The molecule has 0 fully saturated rings. The molecule has 0 atom stereocenters. The lowest BCUT2D eigenvalue weighted by atomic mass is 10.0. The summed E-state index contributed by atoms with van der Waals surface area (Å²) in [5.74, 6) is 1.06. The molecule has 0 spiro atoms. The van der Waals surface area contributed by atoms with Gasteiger partial charge in [-0.2, -0.15) is 5.10 Å². The van der Waals surface area contributed by atoms with Crippen molar-refractivity contribution in [2.75, 3.05) is 14.2 Å². The molecular formula is C14H16N2O3. The summed E-state index contributed by atoms with van der Waals surface area (Å²) in [5, 5.41) is 4.17. The van der Waals surface area contributed by atoms with E-state index in [-0.39, 0.29) is 5.78 Å². The van der Waals surface area contributed by atoms with Gasteiger partial charge in [0.1, 0.15) is 0 Å². The molecule has 1 aromatic heterocycles. The van der Waals surface area contributed by atoms with Crippen molar-refractivity contribution < 1.29 is 14.3 Å². The Morgan fingerprint density at radius 2 is 1.89 bits per heavy atom. The van der Waals surface area contributed by atoms with E-state index in [1.54, 1.807) is 50.3 Å². The SMILES string of the molecule is COc1ccc(C(=O)c2cn(C)nc2C)cc1OC. The topological polar surface area (TPSA) is 53.4 Å². The van der Waals surface area contributed by atoms with E-state index < -0.39 is 0 Å². The highest BCUT2D eigenvalue weighted by Gasteiger charge is 2.16. The number of carbonyl (C=O) groups is 1. The van der Waals surface area contributed by atoms with Gasteiger partial charge < -0.3 is 9.47 Å². The molecule has 0 saturated carbocycles. The summed E-state index contributed by atoms with van der Waals surface area (Å²) >= 11 is 0. The maximum absolute atomic E-state index is 12.4. The van der Waals surface area contributed by atoms with Crippen LogP contribution in [0.5, 0.6) is 11.5 Å². The third-order valence-corrected chi connectivity index (χ3v) is 2.90. The normalized spacial score (nSPS) is 10.3. The van der Waals surface area contributed by atoms with Crippen LogP contribution in [0.1, 0.15) is 21.6 Å². The Morgan fingerprint density at radius 1 is 1.21 bits per heavy atom. The van der Waals surface area contributed by atoms with E-state index in [9.17, 15) is 4.79 Å². The number of hydrogen-bond donors (Lipinski definition) is 0. The second-order valence-electron chi connectivity index (χ2n) is 4.20. The molecule has 0 unspecified atom stereocenters. The molecule has 0 radical (unpaired) electrons. The minimum absolute atomic E-state index is 0.0773. The average molecular weight is 260 g/mol. The summed E-state index contributed by atoms with van der Waals surface area (Å²) in [6, 6.07) is 5.11. The van der Waals surface area contributed by atoms with Gasteiger partial charge in [0.25, 0.3) is 0 Å². The van der Waals surface area contributed by atoms with E-state index in [4.69, 9.17) is 9.47 Å². The van der Waals surface area contributed by atoms with Gasteiger partial charge >= 0.3 is 0 Å². The Bertz CT molecular complexity index is 617. The van der Waals surface area contributed by atoms with E-state index in [2.05, 4.69) is 5.10 Å². The molecule has 1 heterocycles. The van der Waals surface area contributed by atoms with E-state index >= 15 is 0 Å². The number of methoxy groups -OCH3 is 2. The fraction of sp³-hybridized carbons (Fsp3) is 0.286. The van der Waals surface area contributed by atoms with Gasteiger partial charge in [-0.1, -0.05) is 0 Å². The van der Waals surface area contributed by atoms with Crippen molar-refractivity contribution in [3.63, 3.8) is 0 Å². The van der Waals surface area contributed by atoms with Crippen molar-refractivity contribution in [2.24, 2.45) is 7.05 Å². The minimum atomic E-state index is -0.0773. The maximum atomic E-state index is 12.4. The molecule has 0 aliphatic heterocycles. The van der Waals surface area contributed by atoms with E-state index in [1.807, 2.05) is 6.92 Å². The van der Waals surface area contributed by atoms with Crippen LogP contribution in [0.25, 0.3) is 0 Å². The number of aromatic nitrogens is 2. The van der Waals surface area contributed by atoms with Crippen LogP contribution in [0, 0.1) is 6.92 Å². The van der Waals surface area contributed by atoms with Crippen LogP contribution >= 0.6 is 0 Å². The summed E-state index contributed by atoms with van der Waals surface area (Å²) in [5.41, 5.74) is 1.85. The number of ketones is 1. The molecular weight excluding hydrogens is 244 g/mol. The first-order chi connectivity index (χ1) is 9.06. The van der Waals surface area contributed by atoms with Gasteiger partial charge in [0.15, 0.2) is 17.3 Å². The summed E-state index contributed by atoms with van der Waals surface area (Å²) in [4.78, 5) is 12.4. The molecule has 5 nitrogen and oxygen atoms in total. The number of rotatable bonds is 4. The van der Waals surface area contributed by atoms with E-state index in [0.29, 0.717) is 28.3 Å². The molecule has 0 amide bonds. The Morgan fingerprint density at radius 3 is 2.42 bits per heavy atom. The van der Waals surface area contributed by atoms with Crippen molar-refractivity contribution in [3.05, 3.63) is 41.2 Å². The van der Waals surface area contributed by atoms with Crippen LogP contribution in [0.4, 0.5) is 0 Å². The number of hydrogen-bond acceptors (Lipinski definition) is 4. The lowest BCUT2D eigenvalue weighted by Crippen LogP contribution is -2.03. The quantitative estimate of drug-likeness (QED) is 0.789. The zero-order chi connectivity index (χ0) is 14.0. The molecule has 2 aromatic rings. The Labute approximate surface area is 111 Å². The van der Waals surface area contributed by atoms with Gasteiger partial charge in [-0.25, -0.2) is 0 Å². The number of aryl methyl sites for hydroxylation is 2. The fourth-order valence-corrected chi connectivity index (χ4v) is 1.96. The fourth-order valence-electron chi connectivity index (χ4n) is 1.96. The molecule has 100 valence electrons. The largest absolute Gasteiger partial charge is 0.493 e. The van der Waals surface area contributed by atoms with Crippen LogP contribution in [0.2, 0.25) is 0 Å². The molecule has 0 saturated heterocycles. The molecule has 19 heavy (non-hydrogen) atoms.